The largest absolute Gasteiger partial charge is 0.352 e. The molecule has 1 heterocycles. The molecule has 2 atom stereocenters. The maximum atomic E-state index is 11.9. The van der Waals surface area contributed by atoms with E-state index in [2.05, 4.69) is 31.4 Å². The number of amides is 1. The average molecular weight is 226 g/mol. The Bertz CT molecular complexity index is 208. The Kier molecular flexibility index (Phi) is 5.81. The summed E-state index contributed by atoms with van der Waals surface area (Å²) in [5, 5.41) is 6.63. The molecule has 0 aromatic carbocycles. The molecule has 2 unspecified atom stereocenters. The van der Waals surface area contributed by atoms with E-state index in [0.29, 0.717) is 6.04 Å². The van der Waals surface area contributed by atoms with Gasteiger partial charge in [-0.1, -0.05) is 20.3 Å². The summed E-state index contributed by atoms with van der Waals surface area (Å²) >= 11 is 0. The van der Waals surface area contributed by atoms with Crippen molar-refractivity contribution in [2.24, 2.45) is 5.92 Å². The van der Waals surface area contributed by atoms with Crippen molar-refractivity contribution in [1.29, 1.82) is 0 Å². The number of piperidine rings is 1. The zero-order valence-electron chi connectivity index (χ0n) is 10.9. The second-order valence-electron chi connectivity index (χ2n) is 4.87. The lowest BCUT2D eigenvalue weighted by molar-refractivity contribution is -0.126. The first-order chi connectivity index (χ1) is 7.69. The first kappa shape index (κ1) is 13.5. The van der Waals surface area contributed by atoms with E-state index in [1.807, 2.05) is 0 Å². The fraction of sp³-hybridized carbons (Fsp3) is 0.923. The van der Waals surface area contributed by atoms with Gasteiger partial charge in [-0.25, -0.2) is 0 Å². The van der Waals surface area contributed by atoms with Gasteiger partial charge in [0.25, 0.3) is 0 Å². The van der Waals surface area contributed by atoms with E-state index in [4.69, 9.17) is 0 Å². The number of carbonyl (C=O) groups excluding carboxylic acids is 1. The fourth-order valence-corrected chi connectivity index (χ4v) is 2.41. The molecular weight excluding hydrogens is 200 g/mol. The SMILES string of the molecule is CCC(CC)C(=O)NC(C)C1CCCCN1. The Morgan fingerprint density at radius 3 is 2.56 bits per heavy atom. The smallest absolute Gasteiger partial charge is 0.223 e. The molecule has 16 heavy (non-hydrogen) atoms. The summed E-state index contributed by atoms with van der Waals surface area (Å²) in [4.78, 5) is 11.9. The molecule has 1 fully saturated rings. The van der Waals surface area contributed by atoms with E-state index >= 15 is 0 Å². The highest BCUT2D eigenvalue weighted by atomic mass is 16.1. The van der Waals surface area contributed by atoms with Crippen LogP contribution in [0.1, 0.15) is 52.9 Å². The molecule has 3 nitrogen and oxygen atoms in total. The second-order valence-corrected chi connectivity index (χ2v) is 4.87. The monoisotopic (exact) mass is 226 g/mol. The third-order valence-electron chi connectivity index (χ3n) is 3.68. The van der Waals surface area contributed by atoms with Crippen molar-refractivity contribution < 1.29 is 4.79 Å². The molecule has 2 N–H and O–H groups in total. The molecule has 0 aromatic rings. The molecule has 0 radical (unpaired) electrons. The van der Waals surface area contributed by atoms with Crippen molar-refractivity contribution in [3.63, 3.8) is 0 Å². The van der Waals surface area contributed by atoms with Gasteiger partial charge in [0.05, 0.1) is 0 Å². The Hall–Kier alpha value is -0.570. The summed E-state index contributed by atoms with van der Waals surface area (Å²) < 4.78 is 0. The number of rotatable bonds is 5. The Morgan fingerprint density at radius 1 is 1.38 bits per heavy atom. The van der Waals surface area contributed by atoms with Crippen LogP contribution in [-0.4, -0.2) is 24.5 Å². The maximum Gasteiger partial charge on any atom is 0.223 e. The third kappa shape index (κ3) is 3.78. The maximum absolute atomic E-state index is 11.9. The Labute approximate surface area is 99.4 Å². The summed E-state index contributed by atoms with van der Waals surface area (Å²) in [5.74, 6) is 0.413. The molecule has 0 saturated carbocycles. The minimum absolute atomic E-state index is 0.186. The first-order valence-electron chi connectivity index (χ1n) is 6.72. The van der Waals surface area contributed by atoms with Gasteiger partial charge in [0.1, 0.15) is 0 Å². The predicted molar refractivity (Wildman–Crippen MR) is 67.3 cm³/mol. The van der Waals surface area contributed by atoms with E-state index in [1.165, 1.54) is 19.3 Å². The summed E-state index contributed by atoms with van der Waals surface area (Å²) in [6, 6.07) is 0.723. The van der Waals surface area contributed by atoms with Crippen LogP contribution >= 0.6 is 0 Å². The van der Waals surface area contributed by atoms with E-state index in [1.54, 1.807) is 0 Å². The predicted octanol–water partition coefficient (Wildman–Crippen LogP) is 2.07. The van der Waals surface area contributed by atoms with Crippen molar-refractivity contribution >= 4 is 5.91 Å². The average Bonchev–Trinajstić information content (AvgIpc) is 2.31. The van der Waals surface area contributed by atoms with Crippen LogP contribution in [0.3, 0.4) is 0 Å². The molecule has 1 saturated heterocycles. The van der Waals surface area contributed by atoms with Gasteiger partial charge in [-0.3, -0.25) is 4.79 Å². The summed E-state index contributed by atoms with van der Waals surface area (Å²) in [5.41, 5.74) is 0. The van der Waals surface area contributed by atoms with Gasteiger partial charge in [0, 0.05) is 18.0 Å². The van der Waals surface area contributed by atoms with Gasteiger partial charge in [-0.15, -0.1) is 0 Å². The Morgan fingerprint density at radius 2 is 2.06 bits per heavy atom. The molecule has 3 heteroatoms. The van der Waals surface area contributed by atoms with E-state index in [0.717, 1.165) is 19.4 Å². The summed E-state index contributed by atoms with van der Waals surface area (Å²) in [6.45, 7) is 7.37. The normalized spacial score (nSPS) is 23.1. The number of nitrogens with one attached hydrogen (secondary N) is 2. The molecule has 0 aliphatic carbocycles. The topological polar surface area (TPSA) is 41.1 Å². The lowest BCUT2D eigenvalue weighted by Gasteiger charge is -2.30. The van der Waals surface area contributed by atoms with Gasteiger partial charge in [-0.2, -0.15) is 0 Å². The van der Waals surface area contributed by atoms with Gasteiger partial charge < -0.3 is 10.6 Å². The van der Waals surface area contributed by atoms with Gasteiger partial charge in [-0.05, 0) is 39.2 Å². The molecule has 0 spiro atoms. The minimum Gasteiger partial charge on any atom is -0.352 e. The zero-order chi connectivity index (χ0) is 12.0. The highest BCUT2D eigenvalue weighted by Crippen LogP contribution is 2.12. The van der Waals surface area contributed by atoms with E-state index < -0.39 is 0 Å². The first-order valence-corrected chi connectivity index (χ1v) is 6.72. The lowest BCUT2D eigenvalue weighted by atomic mass is 9.97. The molecule has 1 aliphatic rings. The third-order valence-corrected chi connectivity index (χ3v) is 3.68. The van der Waals surface area contributed by atoms with Crippen LogP contribution in [0.4, 0.5) is 0 Å². The number of hydrogen-bond donors (Lipinski definition) is 2. The molecule has 1 amide bonds. The highest BCUT2D eigenvalue weighted by molar-refractivity contribution is 5.78. The Balaban J connectivity index is 2.36. The summed E-state index contributed by atoms with van der Waals surface area (Å²) in [6.07, 6.45) is 5.61. The molecular formula is C13H26N2O. The summed E-state index contributed by atoms with van der Waals surface area (Å²) in [7, 11) is 0. The molecule has 94 valence electrons. The van der Waals surface area contributed by atoms with Crippen molar-refractivity contribution in [3.05, 3.63) is 0 Å². The van der Waals surface area contributed by atoms with Crippen molar-refractivity contribution in [1.82, 2.24) is 10.6 Å². The molecule has 0 bridgehead atoms. The van der Waals surface area contributed by atoms with Crippen LogP contribution < -0.4 is 10.6 Å². The fourth-order valence-electron chi connectivity index (χ4n) is 2.41. The van der Waals surface area contributed by atoms with Crippen molar-refractivity contribution in [2.75, 3.05) is 6.54 Å². The molecule has 1 rings (SSSR count). The quantitative estimate of drug-likeness (QED) is 0.753. The number of hydrogen-bond acceptors (Lipinski definition) is 2. The standard InChI is InChI=1S/C13H26N2O/c1-4-11(5-2)13(16)15-10(3)12-8-6-7-9-14-12/h10-12,14H,4-9H2,1-3H3,(H,15,16). The van der Waals surface area contributed by atoms with E-state index in [9.17, 15) is 4.79 Å². The van der Waals surface area contributed by atoms with Crippen LogP contribution in [0.15, 0.2) is 0 Å². The molecule has 1 aliphatic heterocycles. The zero-order valence-corrected chi connectivity index (χ0v) is 10.9. The number of carbonyl (C=O) groups is 1. The molecule has 0 aromatic heterocycles. The van der Waals surface area contributed by atoms with Crippen molar-refractivity contribution in [3.8, 4) is 0 Å². The van der Waals surface area contributed by atoms with Gasteiger partial charge >= 0.3 is 0 Å². The van der Waals surface area contributed by atoms with Crippen LogP contribution in [0.5, 0.6) is 0 Å². The van der Waals surface area contributed by atoms with Gasteiger partial charge in [0.2, 0.25) is 5.91 Å². The van der Waals surface area contributed by atoms with Crippen LogP contribution in [0.25, 0.3) is 0 Å². The minimum atomic E-state index is 0.186. The van der Waals surface area contributed by atoms with Crippen LogP contribution in [0, 0.1) is 5.92 Å². The second kappa shape index (κ2) is 6.89. The highest BCUT2D eigenvalue weighted by Gasteiger charge is 2.23. The van der Waals surface area contributed by atoms with Crippen LogP contribution in [0.2, 0.25) is 0 Å². The van der Waals surface area contributed by atoms with Crippen LogP contribution in [-0.2, 0) is 4.79 Å². The lowest BCUT2D eigenvalue weighted by Crippen LogP contribution is -2.51. The van der Waals surface area contributed by atoms with Gasteiger partial charge in [0.15, 0.2) is 0 Å². The van der Waals surface area contributed by atoms with Crippen molar-refractivity contribution in [2.45, 2.75) is 65.0 Å². The van der Waals surface area contributed by atoms with E-state index in [-0.39, 0.29) is 17.9 Å².